The molecule has 1 N–H and O–H groups in total. The van der Waals surface area contributed by atoms with Crippen LogP contribution in [0, 0.1) is 0 Å². The lowest BCUT2D eigenvalue weighted by Gasteiger charge is -2.30. The molecule has 2 aromatic rings. The summed E-state index contributed by atoms with van der Waals surface area (Å²) in [7, 11) is 0. The molecule has 2 unspecified atom stereocenters. The van der Waals surface area contributed by atoms with E-state index in [-0.39, 0.29) is 12.0 Å². The Kier molecular flexibility index (Phi) is 3.31. The van der Waals surface area contributed by atoms with Gasteiger partial charge in [0.15, 0.2) is 10.3 Å². The van der Waals surface area contributed by atoms with Crippen LogP contribution in [-0.2, 0) is 0 Å². The van der Waals surface area contributed by atoms with Gasteiger partial charge in [-0.2, -0.15) is 0 Å². The molecule has 2 aliphatic heterocycles. The highest BCUT2D eigenvalue weighted by Crippen LogP contribution is 2.44. The molecule has 2 aliphatic rings. The maximum atomic E-state index is 5.46. The van der Waals surface area contributed by atoms with Crippen molar-refractivity contribution in [1.82, 2.24) is 20.3 Å². The minimum absolute atomic E-state index is 0.100. The number of thioether (sulfide) groups is 1. The monoisotopic (exact) mass is 327 g/mol. The number of aromatic nitrogens is 3. The standard InChI is InChI=1S/C15H13N5S2/c1-22-14-17-7-4-10(19-14)12-9-3-2-6-16-13(9)20-11(12)5-8-18-15(20)21/h2-8,11-12H,1H3,(H,18,21). The molecule has 0 fully saturated rings. The highest BCUT2D eigenvalue weighted by molar-refractivity contribution is 7.98. The van der Waals surface area contributed by atoms with E-state index in [1.807, 2.05) is 30.8 Å². The first-order valence-electron chi connectivity index (χ1n) is 6.88. The van der Waals surface area contributed by atoms with Crippen molar-refractivity contribution in [3.05, 3.63) is 54.1 Å². The molecule has 2 aromatic heterocycles. The molecule has 0 spiro atoms. The van der Waals surface area contributed by atoms with Gasteiger partial charge in [-0.15, -0.1) is 0 Å². The highest BCUT2D eigenvalue weighted by atomic mass is 32.2. The van der Waals surface area contributed by atoms with Crippen LogP contribution in [0.3, 0.4) is 0 Å². The molecule has 2 atom stereocenters. The van der Waals surface area contributed by atoms with Gasteiger partial charge in [0.25, 0.3) is 0 Å². The smallest absolute Gasteiger partial charge is 0.187 e. The Morgan fingerprint density at radius 3 is 3.05 bits per heavy atom. The molecule has 0 saturated carbocycles. The Hall–Kier alpha value is -1.99. The number of hydrogen-bond acceptors (Lipinski definition) is 5. The fourth-order valence-corrected chi connectivity index (χ4v) is 3.64. The molecule has 0 bridgehead atoms. The van der Waals surface area contributed by atoms with E-state index in [1.165, 1.54) is 0 Å². The molecule has 0 aliphatic carbocycles. The number of fused-ring (bicyclic) bond motifs is 3. The maximum Gasteiger partial charge on any atom is 0.187 e. The Bertz CT molecular complexity index is 776. The lowest BCUT2D eigenvalue weighted by molar-refractivity contribution is 0.690. The number of pyridine rings is 1. The maximum absolute atomic E-state index is 5.46. The van der Waals surface area contributed by atoms with Gasteiger partial charge in [0.2, 0.25) is 0 Å². The molecule has 5 nitrogen and oxygen atoms in total. The van der Waals surface area contributed by atoms with Crippen molar-refractivity contribution in [2.75, 3.05) is 11.2 Å². The molecule has 0 saturated heterocycles. The minimum Gasteiger partial charge on any atom is -0.339 e. The normalized spacial score (nSPS) is 22.2. The van der Waals surface area contributed by atoms with Crippen molar-refractivity contribution < 1.29 is 0 Å². The van der Waals surface area contributed by atoms with E-state index < -0.39 is 0 Å². The number of rotatable bonds is 2. The van der Waals surface area contributed by atoms with Crippen LogP contribution in [0.1, 0.15) is 17.2 Å². The van der Waals surface area contributed by atoms with E-state index in [4.69, 9.17) is 12.2 Å². The Morgan fingerprint density at radius 2 is 2.18 bits per heavy atom. The summed E-state index contributed by atoms with van der Waals surface area (Å²) in [5.74, 6) is 1.01. The first-order chi connectivity index (χ1) is 10.8. The molecule has 0 radical (unpaired) electrons. The lowest BCUT2D eigenvalue weighted by atomic mass is 9.92. The van der Waals surface area contributed by atoms with Crippen molar-refractivity contribution in [2.45, 2.75) is 17.1 Å². The number of hydrogen-bond donors (Lipinski definition) is 1. The largest absolute Gasteiger partial charge is 0.339 e. The first-order valence-corrected chi connectivity index (χ1v) is 8.51. The van der Waals surface area contributed by atoms with Crippen LogP contribution in [-0.4, -0.2) is 32.4 Å². The summed E-state index contributed by atoms with van der Waals surface area (Å²) in [5.41, 5.74) is 2.14. The van der Waals surface area contributed by atoms with Crippen LogP contribution in [0.2, 0.25) is 0 Å². The van der Waals surface area contributed by atoms with E-state index in [1.54, 1.807) is 18.0 Å². The topological polar surface area (TPSA) is 53.9 Å². The summed E-state index contributed by atoms with van der Waals surface area (Å²) >= 11 is 7.00. The second kappa shape index (κ2) is 5.33. The average Bonchev–Trinajstić information content (AvgIpc) is 2.90. The summed E-state index contributed by atoms with van der Waals surface area (Å²) in [5, 5.41) is 4.54. The minimum atomic E-state index is 0.100. The summed E-state index contributed by atoms with van der Waals surface area (Å²) in [6, 6.07) is 6.14. The number of anilines is 1. The van der Waals surface area contributed by atoms with E-state index in [0.717, 1.165) is 22.2 Å². The third-order valence-corrected chi connectivity index (χ3v) is 4.77. The predicted molar refractivity (Wildman–Crippen MR) is 91.0 cm³/mol. The zero-order chi connectivity index (χ0) is 15.1. The van der Waals surface area contributed by atoms with Gasteiger partial charge in [0.05, 0.1) is 17.7 Å². The van der Waals surface area contributed by atoms with Crippen molar-refractivity contribution in [3.8, 4) is 0 Å². The van der Waals surface area contributed by atoms with E-state index in [0.29, 0.717) is 5.11 Å². The first kappa shape index (κ1) is 13.7. The van der Waals surface area contributed by atoms with Gasteiger partial charge in [0, 0.05) is 24.2 Å². The third-order valence-electron chi connectivity index (χ3n) is 3.90. The van der Waals surface area contributed by atoms with Gasteiger partial charge < -0.3 is 5.32 Å². The van der Waals surface area contributed by atoms with E-state index >= 15 is 0 Å². The summed E-state index contributed by atoms with van der Waals surface area (Å²) in [6.45, 7) is 0. The van der Waals surface area contributed by atoms with Crippen LogP contribution in [0.15, 0.2) is 48.0 Å². The molecule has 22 heavy (non-hydrogen) atoms. The molecular formula is C15H13N5S2. The summed E-state index contributed by atoms with van der Waals surface area (Å²) in [6.07, 6.45) is 9.61. The molecule has 7 heteroatoms. The van der Waals surface area contributed by atoms with Crippen LogP contribution in [0.5, 0.6) is 0 Å². The number of thiocarbonyl (C=S) groups is 1. The zero-order valence-corrected chi connectivity index (χ0v) is 13.4. The average molecular weight is 327 g/mol. The quantitative estimate of drug-likeness (QED) is 0.516. The predicted octanol–water partition coefficient (Wildman–Crippen LogP) is 2.32. The fraction of sp³-hybridized carbons (Fsp3) is 0.200. The van der Waals surface area contributed by atoms with Gasteiger partial charge in [-0.05, 0) is 36.7 Å². The molecule has 4 rings (SSSR count). The second-order valence-electron chi connectivity index (χ2n) is 5.03. The van der Waals surface area contributed by atoms with E-state index in [2.05, 4.69) is 37.3 Å². The van der Waals surface area contributed by atoms with Gasteiger partial charge >= 0.3 is 0 Å². The van der Waals surface area contributed by atoms with Crippen LogP contribution in [0.4, 0.5) is 5.82 Å². The second-order valence-corrected chi connectivity index (χ2v) is 6.19. The molecular weight excluding hydrogens is 314 g/mol. The Morgan fingerprint density at radius 1 is 1.27 bits per heavy atom. The van der Waals surface area contributed by atoms with Gasteiger partial charge in [0.1, 0.15) is 5.82 Å². The van der Waals surface area contributed by atoms with Gasteiger partial charge in [-0.25, -0.2) is 15.0 Å². The molecule has 110 valence electrons. The van der Waals surface area contributed by atoms with Crippen molar-refractivity contribution >= 4 is 34.9 Å². The summed E-state index contributed by atoms with van der Waals surface area (Å²) in [4.78, 5) is 15.6. The SMILES string of the molecule is CSc1nccc(C2c3cccnc3N3C(=S)NC=CC23)n1. The zero-order valence-electron chi connectivity index (χ0n) is 11.8. The Labute approximate surface area is 137 Å². The van der Waals surface area contributed by atoms with E-state index in [9.17, 15) is 0 Å². The molecule has 4 heterocycles. The number of nitrogens with zero attached hydrogens (tertiary/aromatic N) is 4. The van der Waals surface area contributed by atoms with Crippen LogP contribution >= 0.6 is 24.0 Å². The van der Waals surface area contributed by atoms with Gasteiger partial charge in [-0.3, -0.25) is 4.90 Å². The Balaban J connectivity index is 1.89. The van der Waals surface area contributed by atoms with Crippen molar-refractivity contribution in [2.24, 2.45) is 0 Å². The van der Waals surface area contributed by atoms with Gasteiger partial charge in [-0.1, -0.05) is 17.8 Å². The number of nitrogens with one attached hydrogen (secondary N) is 1. The van der Waals surface area contributed by atoms with Crippen LogP contribution in [0.25, 0.3) is 0 Å². The molecule has 0 aromatic carbocycles. The fourth-order valence-electron chi connectivity index (χ4n) is 3.00. The van der Waals surface area contributed by atoms with Crippen LogP contribution < -0.4 is 10.2 Å². The highest BCUT2D eigenvalue weighted by Gasteiger charge is 2.42. The summed E-state index contributed by atoms with van der Waals surface area (Å²) < 4.78 is 0. The molecule has 0 amide bonds. The van der Waals surface area contributed by atoms with Crippen molar-refractivity contribution in [3.63, 3.8) is 0 Å². The third kappa shape index (κ3) is 2.00. The lowest BCUT2D eigenvalue weighted by Crippen LogP contribution is -2.46. The van der Waals surface area contributed by atoms with Crippen molar-refractivity contribution in [1.29, 1.82) is 0 Å².